The normalized spacial score (nSPS) is 11.9. The standard InChI is InChI=1S/C18H26N2O/c1-5-6-12-16-14(2)17(18(3,4)13-21)19-20(16)15-10-8-7-9-11-15/h7-11,21H,5-6,12-13H2,1-4H3. The predicted molar refractivity (Wildman–Crippen MR) is 87.0 cm³/mol. The lowest BCUT2D eigenvalue weighted by Crippen LogP contribution is -2.24. The zero-order chi connectivity index (χ0) is 15.5. The van der Waals surface area contributed by atoms with Crippen molar-refractivity contribution in [1.82, 2.24) is 9.78 Å². The molecule has 1 heterocycles. The third-order valence-electron chi connectivity index (χ3n) is 4.05. The average Bonchev–Trinajstić information content (AvgIpc) is 2.83. The molecule has 21 heavy (non-hydrogen) atoms. The van der Waals surface area contributed by atoms with E-state index in [1.54, 1.807) is 0 Å². The fourth-order valence-corrected chi connectivity index (χ4v) is 2.67. The number of aliphatic hydroxyl groups is 1. The molecular formula is C18H26N2O. The molecule has 0 aliphatic heterocycles. The molecule has 114 valence electrons. The largest absolute Gasteiger partial charge is 0.395 e. The molecule has 1 N–H and O–H groups in total. The van der Waals surface area contributed by atoms with Gasteiger partial charge in [0, 0.05) is 11.1 Å². The van der Waals surface area contributed by atoms with Gasteiger partial charge in [-0.2, -0.15) is 5.10 Å². The third-order valence-corrected chi connectivity index (χ3v) is 4.05. The summed E-state index contributed by atoms with van der Waals surface area (Å²) in [6, 6.07) is 10.2. The number of nitrogens with zero attached hydrogens (tertiary/aromatic N) is 2. The molecular weight excluding hydrogens is 260 g/mol. The summed E-state index contributed by atoms with van der Waals surface area (Å²) >= 11 is 0. The average molecular weight is 286 g/mol. The Labute approximate surface area is 127 Å². The SMILES string of the molecule is CCCCc1c(C)c(C(C)(C)CO)nn1-c1ccccc1. The Hall–Kier alpha value is -1.61. The molecule has 0 bridgehead atoms. The molecule has 1 aromatic heterocycles. The minimum atomic E-state index is -0.314. The third kappa shape index (κ3) is 3.18. The molecule has 0 saturated carbocycles. The highest BCUT2D eigenvalue weighted by Gasteiger charge is 2.28. The molecule has 0 spiro atoms. The van der Waals surface area contributed by atoms with Crippen molar-refractivity contribution in [2.45, 2.75) is 52.4 Å². The van der Waals surface area contributed by atoms with E-state index in [2.05, 4.69) is 30.7 Å². The van der Waals surface area contributed by atoms with Crippen molar-refractivity contribution in [1.29, 1.82) is 0 Å². The molecule has 0 aliphatic rings. The Bertz CT molecular complexity index is 585. The van der Waals surface area contributed by atoms with Crippen LogP contribution in [0.3, 0.4) is 0 Å². The van der Waals surface area contributed by atoms with E-state index >= 15 is 0 Å². The highest BCUT2D eigenvalue weighted by atomic mass is 16.3. The zero-order valence-corrected chi connectivity index (χ0v) is 13.6. The molecule has 3 heteroatoms. The Balaban J connectivity index is 2.55. The lowest BCUT2D eigenvalue weighted by molar-refractivity contribution is 0.214. The zero-order valence-electron chi connectivity index (χ0n) is 13.6. The fourth-order valence-electron chi connectivity index (χ4n) is 2.67. The van der Waals surface area contributed by atoms with E-state index in [4.69, 9.17) is 5.10 Å². The number of aromatic nitrogens is 2. The summed E-state index contributed by atoms with van der Waals surface area (Å²) in [5.41, 5.74) is 4.25. The molecule has 0 atom stereocenters. The summed E-state index contributed by atoms with van der Waals surface area (Å²) in [6.07, 6.45) is 3.34. The van der Waals surface area contributed by atoms with Crippen LogP contribution in [0.2, 0.25) is 0 Å². The molecule has 1 aromatic carbocycles. The molecule has 0 amide bonds. The molecule has 0 radical (unpaired) electrons. The van der Waals surface area contributed by atoms with Gasteiger partial charge >= 0.3 is 0 Å². The summed E-state index contributed by atoms with van der Waals surface area (Å²) in [5.74, 6) is 0. The number of rotatable bonds is 6. The van der Waals surface area contributed by atoms with Gasteiger partial charge < -0.3 is 5.11 Å². The van der Waals surface area contributed by atoms with E-state index in [-0.39, 0.29) is 12.0 Å². The van der Waals surface area contributed by atoms with E-state index < -0.39 is 0 Å². The summed E-state index contributed by atoms with van der Waals surface area (Å²) < 4.78 is 2.05. The highest BCUT2D eigenvalue weighted by Crippen LogP contribution is 2.29. The minimum Gasteiger partial charge on any atom is -0.395 e. The van der Waals surface area contributed by atoms with E-state index in [0.717, 1.165) is 30.6 Å². The molecule has 3 nitrogen and oxygen atoms in total. The number of para-hydroxylation sites is 1. The van der Waals surface area contributed by atoms with E-state index in [0.29, 0.717) is 0 Å². The molecule has 0 saturated heterocycles. The van der Waals surface area contributed by atoms with Gasteiger partial charge in [-0.05, 0) is 37.5 Å². The van der Waals surface area contributed by atoms with Crippen LogP contribution in [-0.4, -0.2) is 21.5 Å². The van der Waals surface area contributed by atoms with Crippen LogP contribution in [0.1, 0.15) is 50.6 Å². The van der Waals surface area contributed by atoms with Gasteiger partial charge in [0.05, 0.1) is 18.0 Å². The van der Waals surface area contributed by atoms with Gasteiger partial charge in [-0.3, -0.25) is 0 Å². The van der Waals surface area contributed by atoms with Gasteiger partial charge in [0.25, 0.3) is 0 Å². The molecule has 0 aliphatic carbocycles. The van der Waals surface area contributed by atoms with Gasteiger partial charge in [-0.1, -0.05) is 45.4 Å². The van der Waals surface area contributed by atoms with Crippen molar-refractivity contribution in [2.24, 2.45) is 0 Å². The first-order valence-corrected chi connectivity index (χ1v) is 7.76. The van der Waals surface area contributed by atoms with Crippen molar-refractivity contribution in [3.63, 3.8) is 0 Å². The highest BCUT2D eigenvalue weighted by molar-refractivity contribution is 5.39. The number of benzene rings is 1. The van der Waals surface area contributed by atoms with Gasteiger partial charge in [0.1, 0.15) is 0 Å². The second-order valence-corrected chi connectivity index (χ2v) is 6.31. The lowest BCUT2D eigenvalue weighted by Gasteiger charge is -2.19. The molecule has 0 fully saturated rings. The van der Waals surface area contributed by atoms with Crippen LogP contribution in [0.25, 0.3) is 5.69 Å². The van der Waals surface area contributed by atoms with Crippen molar-refractivity contribution >= 4 is 0 Å². The summed E-state index contributed by atoms with van der Waals surface area (Å²) in [4.78, 5) is 0. The Morgan fingerprint density at radius 2 is 1.86 bits per heavy atom. The number of hydrogen-bond donors (Lipinski definition) is 1. The first kappa shape index (κ1) is 15.8. The van der Waals surface area contributed by atoms with Crippen molar-refractivity contribution in [3.05, 3.63) is 47.3 Å². The Morgan fingerprint density at radius 3 is 2.43 bits per heavy atom. The lowest BCUT2D eigenvalue weighted by atomic mass is 9.87. The van der Waals surface area contributed by atoms with Gasteiger partial charge in [-0.25, -0.2) is 4.68 Å². The van der Waals surface area contributed by atoms with Gasteiger partial charge in [0.2, 0.25) is 0 Å². The van der Waals surface area contributed by atoms with Crippen LogP contribution in [-0.2, 0) is 11.8 Å². The van der Waals surface area contributed by atoms with Gasteiger partial charge in [0.15, 0.2) is 0 Å². The van der Waals surface area contributed by atoms with Crippen LogP contribution in [0.4, 0.5) is 0 Å². The summed E-state index contributed by atoms with van der Waals surface area (Å²) in [7, 11) is 0. The van der Waals surface area contributed by atoms with Crippen molar-refractivity contribution < 1.29 is 5.11 Å². The van der Waals surface area contributed by atoms with Gasteiger partial charge in [-0.15, -0.1) is 0 Å². The van der Waals surface area contributed by atoms with Crippen LogP contribution < -0.4 is 0 Å². The Kier molecular flexibility index (Phi) is 4.84. The van der Waals surface area contributed by atoms with Crippen LogP contribution in [0, 0.1) is 6.92 Å². The first-order chi connectivity index (χ1) is 10.0. The maximum Gasteiger partial charge on any atom is 0.0740 e. The second kappa shape index (κ2) is 6.44. The molecule has 2 aromatic rings. The van der Waals surface area contributed by atoms with E-state index in [1.807, 2.05) is 32.0 Å². The van der Waals surface area contributed by atoms with Crippen LogP contribution in [0.5, 0.6) is 0 Å². The number of hydrogen-bond acceptors (Lipinski definition) is 2. The maximum absolute atomic E-state index is 9.67. The van der Waals surface area contributed by atoms with Crippen LogP contribution >= 0.6 is 0 Å². The number of aliphatic hydroxyl groups excluding tert-OH is 1. The van der Waals surface area contributed by atoms with Crippen molar-refractivity contribution in [2.75, 3.05) is 6.61 Å². The van der Waals surface area contributed by atoms with E-state index in [9.17, 15) is 5.11 Å². The van der Waals surface area contributed by atoms with Crippen LogP contribution in [0.15, 0.2) is 30.3 Å². The Morgan fingerprint density at radius 1 is 1.19 bits per heavy atom. The second-order valence-electron chi connectivity index (χ2n) is 6.31. The smallest absolute Gasteiger partial charge is 0.0740 e. The first-order valence-electron chi connectivity index (χ1n) is 7.76. The topological polar surface area (TPSA) is 38.1 Å². The number of unbranched alkanes of at least 4 members (excludes halogenated alkanes) is 1. The van der Waals surface area contributed by atoms with E-state index in [1.165, 1.54) is 11.3 Å². The molecule has 0 unspecified atom stereocenters. The molecule has 2 rings (SSSR count). The summed E-state index contributed by atoms with van der Waals surface area (Å²) in [5, 5.41) is 14.5. The predicted octanol–water partition coefficient (Wildman–Crippen LogP) is 3.79. The fraction of sp³-hybridized carbons (Fsp3) is 0.500. The summed E-state index contributed by atoms with van der Waals surface area (Å²) in [6.45, 7) is 8.52. The van der Waals surface area contributed by atoms with Crippen molar-refractivity contribution in [3.8, 4) is 5.69 Å². The monoisotopic (exact) mass is 286 g/mol. The minimum absolute atomic E-state index is 0.104. The quantitative estimate of drug-likeness (QED) is 0.877. The maximum atomic E-state index is 9.67.